The van der Waals surface area contributed by atoms with E-state index in [0.29, 0.717) is 17.5 Å². The number of nitrogens with zero attached hydrogens (tertiary/aromatic N) is 1. The van der Waals surface area contributed by atoms with Crippen LogP contribution >= 0.6 is 0 Å². The topological polar surface area (TPSA) is 63.4 Å². The Bertz CT molecular complexity index is 347. The smallest absolute Gasteiger partial charge is 0.314 e. The molecular formula is C9H11NO3. The molecule has 0 saturated carbocycles. The molecule has 0 heterocycles. The van der Waals surface area contributed by atoms with Crippen LogP contribution in [0.15, 0.2) is 12.1 Å². The summed E-state index contributed by atoms with van der Waals surface area (Å²) in [7, 11) is 0. The third-order valence-corrected chi connectivity index (χ3v) is 2.00. The predicted molar refractivity (Wildman–Crippen MR) is 48.9 cm³/mol. The summed E-state index contributed by atoms with van der Waals surface area (Å²) in [6.07, 6.45) is 0.546. The van der Waals surface area contributed by atoms with Gasteiger partial charge in [0.25, 0.3) is 0 Å². The second kappa shape index (κ2) is 3.43. The fourth-order valence-corrected chi connectivity index (χ4v) is 1.21. The minimum atomic E-state index is -0.541. The fourth-order valence-electron chi connectivity index (χ4n) is 1.21. The molecule has 1 rings (SSSR count). The molecule has 0 fully saturated rings. The number of nitro groups is 1. The van der Waals surface area contributed by atoms with E-state index < -0.39 is 4.92 Å². The van der Waals surface area contributed by atoms with Gasteiger partial charge in [0.15, 0.2) is 5.75 Å². The first-order chi connectivity index (χ1) is 6.07. The van der Waals surface area contributed by atoms with E-state index in [4.69, 9.17) is 0 Å². The van der Waals surface area contributed by atoms with Gasteiger partial charge in [-0.2, -0.15) is 0 Å². The minimum absolute atomic E-state index is 0.164. The molecule has 1 N–H and O–H groups in total. The zero-order chi connectivity index (χ0) is 10.0. The summed E-state index contributed by atoms with van der Waals surface area (Å²) in [5, 5.41) is 20.0. The van der Waals surface area contributed by atoms with Gasteiger partial charge in [0.05, 0.1) is 4.92 Å². The summed E-state index contributed by atoms with van der Waals surface area (Å²) >= 11 is 0. The SMILES string of the molecule is CCc1ccc(C)c(O)c1[N+](=O)[O-]. The summed E-state index contributed by atoms with van der Waals surface area (Å²) in [6.45, 7) is 3.46. The van der Waals surface area contributed by atoms with Crippen molar-refractivity contribution in [3.63, 3.8) is 0 Å². The van der Waals surface area contributed by atoms with E-state index in [0.717, 1.165) is 0 Å². The molecule has 0 radical (unpaired) electrons. The van der Waals surface area contributed by atoms with Gasteiger partial charge in [-0.05, 0) is 18.9 Å². The van der Waals surface area contributed by atoms with E-state index in [1.807, 2.05) is 6.92 Å². The van der Waals surface area contributed by atoms with Crippen molar-refractivity contribution in [3.8, 4) is 5.75 Å². The first-order valence-electron chi connectivity index (χ1n) is 4.03. The van der Waals surface area contributed by atoms with Crippen LogP contribution < -0.4 is 0 Å². The standard InChI is InChI=1S/C9H11NO3/c1-3-7-5-4-6(2)9(11)8(7)10(12)13/h4-5,11H,3H2,1-2H3. The summed E-state index contributed by atoms with van der Waals surface area (Å²) in [5.41, 5.74) is 0.930. The highest BCUT2D eigenvalue weighted by molar-refractivity contribution is 5.55. The van der Waals surface area contributed by atoms with Crippen LogP contribution in [-0.4, -0.2) is 10.0 Å². The Morgan fingerprint density at radius 1 is 1.54 bits per heavy atom. The Morgan fingerprint density at radius 3 is 2.62 bits per heavy atom. The molecule has 0 aliphatic rings. The first-order valence-corrected chi connectivity index (χ1v) is 4.03. The number of hydrogen-bond acceptors (Lipinski definition) is 3. The van der Waals surface area contributed by atoms with Crippen LogP contribution in [0.5, 0.6) is 5.75 Å². The van der Waals surface area contributed by atoms with Gasteiger partial charge in [0.2, 0.25) is 0 Å². The lowest BCUT2D eigenvalue weighted by Gasteiger charge is -2.03. The first kappa shape index (κ1) is 9.51. The van der Waals surface area contributed by atoms with Gasteiger partial charge in [-0.3, -0.25) is 10.1 Å². The van der Waals surface area contributed by atoms with Crippen molar-refractivity contribution in [1.82, 2.24) is 0 Å². The van der Waals surface area contributed by atoms with Crippen LogP contribution in [0.1, 0.15) is 18.1 Å². The van der Waals surface area contributed by atoms with E-state index in [2.05, 4.69) is 0 Å². The fraction of sp³-hybridized carbons (Fsp3) is 0.333. The third kappa shape index (κ3) is 1.61. The Kier molecular flexibility index (Phi) is 2.51. The van der Waals surface area contributed by atoms with Gasteiger partial charge in [-0.25, -0.2) is 0 Å². The van der Waals surface area contributed by atoms with E-state index >= 15 is 0 Å². The predicted octanol–water partition coefficient (Wildman–Crippen LogP) is 2.17. The molecular weight excluding hydrogens is 170 g/mol. The van der Waals surface area contributed by atoms with E-state index in [1.165, 1.54) is 0 Å². The zero-order valence-electron chi connectivity index (χ0n) is 7.57. The van der Waals surface area contributed by atoms with Gasteiger partial charge in [-0.15, -0.1) is 0 Å². The van der Waals surface area contributed by atoms with Crippen LogP contribution in [0, 0.1) is 17.0 Å². The Labute approximate surface area is 76.0 Å². The number of aromatic hydroxyl groups is 1. The number of benzene rings is 1. The van der Waals surface area contributed by atoms with Crippen molar-refractivity contribution in [2.24, 2.45) is 0 Å². The summed E-state index contributed by atoms with van der Waals surface area (Å²) in [5.74, 6) is -0.218. The van der Waals surface area contributed by atoms with E-state index in [9.17, 15) is 15.2 Å². The number of hydrogen-bond donors (Lipinski definition) is 1. The highest BCUT2D eigenvalue weighted by Crippen LogP contribution is 2.32. The van der Waals surface area contributed by atoms with Crippen molar-refractivity contribution in [2.45, 2.75) is 20.3 Å². The quantitative estimate of drug-likeness (QED) is 0.561. The lowest BCUT2D eigenvalue weighted by atomic mass is 10.1. The molecule has 1 aromatic rings. The maximum Gasteiger partial charge on any atom is 0.314 e. The number of nitro benzene ring substituents is 1. The average molecular weight is 181 g/mol. The van der Waals surface area contributed by atoms with E-state index in [-0.39, 0.29) is 11.4 Å². The molecule has 0 aliphatic heterocycles. The number of phenols is 1. The average Bonchev–Trinajstić information content (AvgIpc) is 2.08. The van der Waals surface area contributed by atoms with Crippen molar-refractivity contribution < 1.29 is 10.0 Å². The number of aryl methyl sites for hydroxylation is 2. The number of rotatable bonds is 2. The highest BCUT2D eigenvalue weighted by atomic mass is 16.6. The van der Waals surface area contributed by atoms with Crippen molar-refractivity contribution in [3.05, 3.63) is 33.4 Å². The molecule has 70 valence electrons. The van der Waals surface area contributed by atoms with Gasteiger partial charge in [0, 0.05) is 5.56 Å². The molecule has 0 amide bonds. The molecule has 1 aromatic carbocycles. The van der Waals surface area contributed by atoms with Gasteiger partial charge >= 0.3 is 5.69 Å². The molecule has 4 nitrogen and oxygen atoms in total. The van der Waals surface area contributed by atoms with Crippen molar-refractivity contribution >= 4 is 5.69 Å². The number of phenolic OH excluding ortho intramolecular Hbond substituents is 1. The maximum absolute atomic E-state index is 10.6. The van der Waals surface area contributed by atoms with Gasteiger partial charge in [0.1, 0.15) is 0 Å². The van der Waals surface area contributed by atoms with Crippen molar-refractivity contribution in [2.75, 3.05) is 0 Å². The molecule has 0 spiro atoms. The maximum atomic E-state index is 10.6. The summed E-state index contributed by atoms with van der Waals surface area (Å²) in [4.78, 5) is 10.1. The second-order valence-corrected chi connectivity index (χ2v) is 2.85. The molecule has 0 saturated heterocycles. The van der Waals surface area contributed by atoms with E-state index in [1.54, 1.807) is 19.1 Å². The molecule has 0 aliphatic carbocycles. The molecule has 0 unspecified atom stereocenters. The molecule has 0 bridgehead atoms. The molecule has 4 heteroatoms. The third-order valence-electron chi connectivity index (χ3n) is 2.00. The van der Waals surface area contributed by atoms with Crippen LogP contribution in [0.25, 0.3) is 0 Å². The summed E-state index contributed by atoms with van der Waals surface area (Å²) in [6, 6.07) is 3.36. The van der Waals surface area contributed by atoms with Gasteiger partial charge < -0.3 is 5.11 Å². The van der Waals surface area contributed by atoms with Crippen LogP contribution in [0.3, 0.4) is 0 Å². The lowest BCUT2D eigenvalue weighted by molar-refractivity contribution is -0.386. The minimum Gasteiger partial charge on any atom is -0.502 e. The Balaban J connectivity index is 3.41. The highest BCUT2D eigenvalue weighted by Gasteiger charge is 2.19. The normalized spacial score (nSPS) is 10.0. The van der Waals surface area contributed by atoms with Crippen LogP contribution in [0.2, 0.25) is 0 Å². The summed E-state index contributed by atoms with van der Waals surface area (Å²) < 4.78 is 0. The molecule has 0 atom stereocenters. The second-order valence-electron chi connectivity index (χ2n) is 2.85. The van der Waals surface area contributed by atoms with Crippen LogP contribution in [0.4, 0.5) is 5.69 Å². The van der Waals surface area contributed by atoms with Gasteiger partial charge in [-0.1, -0.05) is 19.1 Å². The monoisotopic (exact) mass is 181 g/mol. The zero-order valence-corrected chi connectivity index (χ0v) is 7.57. The molecule has 0 aromatic heterocycles. The van der Waals surface area contributed by atoms with Crippen LogP contribution in [-0.2, 0) is 6.42 Å². The Hall–Kier alpha value is -1.58. The van der Waals surface area contributed by atoms with Crippen molar-refractivity contribution in [1.29, 1.82) is 0 Å². The molecule has 13 heavy (non-hydrogen) atoms. The largest absolute Gasteiger partial charge is 0.502 e. The lowest BCUT2D eigenvalue weighted by Crippen LogP contribution is -1.95. The Morgan fingerprint density at radius 2 is 2.15 bits per heavy atom.